The Morgan fingerprint density at radius 1 is 1.39 bits per heavy atom. The summed E-state index contributed by atoms with van der Waals surface area (Å²) in [4.78, 5) is 0. The van der Waals surface area contributed by atoms with Crippen LogP contribution in [0.5, 0.6) is 0 Å². The molecule has 100 valence electrons. The second-order valence-corrected chi connectivity index (χ2v) is 4.60. The van der Waals surface area contributed by atoms with Gasteiger partial charge in [0.2, 0.25) is 0 Å². The largest absolute Gasteiger partial charge is 0.416 e. The van der Waals surface area contributed by atoms with Crippen LogP contribution in [0.1, 0.15) is 36.4 Å². The maximum Gasteiger partial charge on any atom is 0.416 e. The van der Waals surface area contributed by atoms with Gasteiger partial charge in [0.25, 0.3) is 0 Å². The summed E-state index contributed by atoms with van der Waals surface area (Å²) in [6.45, 7) is 0.722. The van der Waals surface area contributed by atoms with Gasteiger partial charge in [-0.25, -0.2) is 0 Å². The van der Waals surface area contributed by atoms with Crippen molar-refractivity contribution in [3.05, 3.63) is 35.4 Å². The smallest absolute Gasteiger partial charge is 0.378 e. The summed E-state index contributed by atoms with van der Waals surface area (Å²) < 4.78 is 43.2. The van der Waals surface area contributed by atoms with Gasteiger partial charge in [-0.05, 0) is 37.0 Å². The first-order valence-electron chi connectivity index (χ1n) is 6.01. The summed E-state index contributed by atoms with van der Waals surface area (Å²) in [5, 5.41) is 0. The molecule has 1 fully saturated rings. The van der Waals surface area contributed by atoms with Gasteiger partial charge in [0, 0.05) is 12.6 Å². The van der Waals surface area contributed by atoms with Crippen molar-refractivity contribution in [2.75, 3.05) is 6.61 Å². The summed E-state index contributed by atoms with van der Waals surface area (Å²) in [5.41, 5.74) is 5.80. The standard InChI is InChI=1S/C13H16F3NO/c14-13(15,16)10-4-1-3-9(7-10)12(17)8-11-5-2-6-18-11/h1,3-4,7,11-12H,2,5-6,8,17H2. The third-order valence-electron chi connectivity index (χ3n) is 3.18. The summed E-state index contributed by atoms with van der Waals surface area (Å²) in [5.74, 6) is 0. The fourth-order valence-electron chi connectivity index (χ4n) is 2.20. The molecule has 2 N–H and O–H groups in total. The summed E-state index contributed by atoms with van der Waals surface area (Å²) in [7, 11) is 0. The average molecular weight is 259 g/mol. The maximum atomic E-state index is 12.6. The number of rotatable bonds is 3. The number of nitrogens with two attached hydrogens (primary N) is 1. The van der Waals surface area contributed by atoms with Crippen molar-refractivity contribution in [1.29, 1.82) is 0 Å². The first-order chi connectivity index (χ1) is 8.47. The van der Waals surface area contributed by atoms with Crippen LogP contribution >= 0.6 is 0 Å². The molecular weight excluding hydrogens is 243 g/mol. The topological polar surface area (TPSA) is 35.2 Å². The third-order valence-corrected chi connectivity index (χ3v) is 3.18. The van der Waals surface area contributed by atoms with Crippen molar-refractivity contribution in [1.82, 2.24) is 0 Å². The van der Waals surface area contributed by atoms with E-state index in [1.807, 2.05) is 0 Å². The minimum Gasteiger partial charge on any atom is -0.378 e. The molecule has 1 heterocycles. The second kappa shape index (κ2) is 5.28. The zero-order valence-electron chi connectivity index (χ0n) is 9.91. The molecule has 0 saturated carbocycles. The van der Waals surface area contributed by atoms with E-state index in [2.05, 4.69) is 0 Å². The highest BCUT2D eigenvalue weighted by Crippen LogP contribution is 2.31. The zero-order chi connectivity index (χ0) is 13.2. The van der Waals surface area contributed by atoms with E-state index >= 15 is 0 Å². The van der Waals surface area contributed by atoms with Gasteiger partial charge in [-0.1, -0.05) is 12.1 Å². The van der Waals surface area contributed by atoms with Crippen molar-refractivity contribution >= 4 is 0 Å². The lowest BCUT2D eigenvalue weighted by atomic mass is 9.98. The van der Waals surface area contributed by atoms with Gasteiger partial charge in [-0.3, -0.25) is 0 Å². The van der Waals surface area contributed by atoms with E-state index in [1.165, 1.54) is 6.07 Å². The zero-order valence-corrected chi connectivity index (χ0v) is 9.91. The lowest BCUT2D eigenvalue weighted by molar-refractivity contribution is -0.137. The van der Waals surface area contributed by atoms with Crippen molar-refractivity contribution in [2.24, 2.45) is 5.73 Å². The molecule has 1 aliphatic heterocycles. The number of alkyl halides is 3. The van der Waals surface area contributed by atoms with Gasteiger partial charge in [0.1, 0.15) is 0 Å². The first kappa shape index (κ1) is 13.4. The Balaban J connectivity index is 2.07. The molecule has 1 aromatic rings. The van der Waals surface area contributed by atoms with Crippen LogP contribution in [0.2, 0.25) is 0 Å². The Labute approximate surface area is 104 Å². The Kier molecular flexibility index (Phi) is 3.92. The van der Waals surface area contributed by atoms with Gasteiger partial charge in [-0.15, -0.1) is 0 Å². The average Bonchev–Trinajstić information content (AvgIpc) is 2.81. The molecule has 1 aliphatic rings. The van der Waals surface area contributed by atoms with E-state index in [9.17, 15) is 13.2 Å². The fraction of sp³-hybridized carbons (Fsp3) is 0.538. The third kappa shape index (κ3) is 3.23. The lowest BCUT2D eigenvalue weighted by Crippen LogP contribution is -2.19. The van der Waals surface area contributed by atoms with Crippen molar-refractivity contribution in [3.63, 3.8) is 0 Å². The minimum absolute atomic E-state index is 0.0783. The number of hydrogen-bond donors (Lipinski definition) is 1. The van der Waals surface area contributed by atoms with E-state index in [4.69, 9.17) is 10.5 Å². The number of benzene rings is 1. The van der Waals surface area contributed by atoms with Gasteiger partial charge in [0.05, 0.1) is 11.7 Å². The van der Waals surface area contributed by atoms with Crippen molar-refractivity contribution < 1.29 is 17.9 Å². The predicted octanol–water partition coefficient (Wildman–Crippen LogP) is 3.27. The van der Waals surface area contributed by atoms with E-state index in [0.717, 1.165) is 31.6 Å². The summed E-state index contributed by atoms with van der Waals surface area (Å²) in [6, 6.07) is 4.81. The monoisotopic (exact) mass is 259 g/mol. The molecular formula is C13H16F3NO. The molecule has 0 aromatic heterocycles. The fourth-order valence-corrected chi connectivity index (χ4v) is 2.20. The second-order valence-electron chi connectivity index (χ2n) is 4.60. The van der Waals surface area contributed by atoms with E-state index < -0.39 is 17.8 Å². The Morgan fingerprint density at radius 3 is 2.78 bits per heavy atom. The molecule has 0 amide bonds. The molecule has 5 heteroatoms. The lowest BCUT2D eigenvalue weighted by Gasteiger charge is -2.17. The minimum atomic E-state index is -4.32. The molecule has 1 aromatic carbocycles. The summed E-state index contributed by atoms with van der Waals surface area (Å²) >= 11 is 0. The van der Waals surface area contributed by atoms with Crippen molar-refractivity contribution in [2.45, 2.75) is 37.6 Å². The first-order valence-corrected chi connectivity index (χ1v) is 6.01. The van der Waals surface area contributed by atoms with Crippen LogP contribution in [-0.4, -0.2) is 12.7 Å². The van der Waals surface area contributed by atoms with Crippen LogP contribution < -0.4 is 5.73 Å². The molecule has 2 rings (SSSR count). The van der Waals surface area contributed by atoms with Gasteiger partial charge >= 0.3 is 6.18 Å². The molecule has 0 radical (unpaired) electrons. The van der Waals surface area contributed by atoms with Crippen LogP contribution in [-0.2, 0) is 10.9 Å². The van der Waals surface area contributed by atoms with Crippen LogP contribution in [0, 0.1) is 0 Å². The van der Waals surface area contributed by atoms with Gasteiger partial charge in [0.15, 0.2) is 0 Å². The highest BCUT2D eigenvalue weighted by atomic mass is 19.4. The Hall–Kier alpha value is -1.07. The number of ether oxygens (including phenoxy) is 1. The maximum absolute atomic E-state index is 12.6. The molecule has 0 aliphatic carbocycles. The van der Waals surface area contributed by atoms with Gasteiger partial charge in [-0.2, -0.15) is 13.2 Å². The molecule has 0 bridgehead atoms. The molecule has 2 atom stereocenters. The Bertz CT molecular complexity index is 399. The molecule has 2 nitrogen and oxygen atoms in total. The normalized spacial score (nSPS) is 22.1. The number of hydrogen-bond acceptors (Lipinski definition) is 2. The summed E-state index contributed by atoms with van der Waals surface area (Å²) in [6.07, 6.45) is -1.73. The highest BCUT2D eigenvalue weighted by molar-refractivity contribution is 5.27. The van der Waals surface area contributed by atoms with Crippen LogP contribution in [0.15, 0.2) is 24.3 Å². The predicted molar refractivity (Wildman–Crippen MR) is 62.0 cm³/mol. The van der Waals surface area contributed by atoms with E-state index in [1.54, 1.807) is 6.07 Å². The van der Waals surface area contributed by atoms with Gasteiger partial charge < -0.3 is 10.5 Å². The van der Waals surface area contributed by atoms with Crippen LogP contribution in [0.3, 0.4) is 0 Å². The number of halogens is 3. The highest BCUT2D eigenvalue weighted by Gasteiger charge is 2.31. The SMILES string of the molecule is NC(CC1CCCO1)c1cccc(C(F)(F)F)c1. The van der Waals surface area contributed by atoms with Crippen molar-refractivity contribution in [3.8, 4) is 0 Å². The Morgan fingerprint density at radius 2 is 2.17 bits per heavy atom. The van der Waals surface area contributed by atoms with E-state index in [-0.39, 0.29) is 6.10 Å². The molecule has 1 saturated heterocycles. The molecule has 0 spiro atoms. The van der Waals surface area contributed by atoms with E-state index in [0.29, 0.717) is 12.0 Å². The molecule has 18 heavy (non-hydrogen) atoms. The quantitative estimate of drug-likeness (QED) is 0.904. The molecule has 2 unspecified atom stereocenters. The van der Waals surface area contributed by atoms with Crippen LogP contribution in [0.25, 0.3) is 0 Å². The van der Waals surface area contributed by atoms with Crippen LogP contribution in [0.4, 0.5) is 13.2 Å².